The monoisotopic (exact) mass is 531 g/mol. The first kappa shape index (κ1) is 24.9. The van der Waals surface area contributed by atoms with Crippen LogP contribution in [0.1, 0.15) is 24.0 Å². The molecule has 0 atom stereocenters. The number of rotatable bonds is 3. The third kappa shape index (κ3) is 5.07. The predicted molar refractivity (Wildman–Crippen MR) is 114 cm³/mol. The second-order valence-corrected chi connectivity index (χ2v) is 8.45. The summed E-state index contributed by atoms with van der Waals surface area (Å²) in [6.45, 7) is -0.115. The summed E-state index contributed by atoms with van der Waals surface area (Å²) in [5.74, 6) is 2.20. The second kappa shape index (κ2) is 9.27. The highest BCUT2D eigenvalue weighted by atomic mass is 19.4. The van der Waals surface area contributed by atoms with Crippen LogP contribution in [-0.2, 0) is 4.74 Å². The van der Waals surface area contributed by atoms with E-state index in [0.29, 0.717) is 23.0 Å². The van der Waals surface area contributed by atoms with Crippen molar-refractivity contribution in [2.75, 3.05) is 26.7 Å². The number of hydrogen-bond acceptors (Lipinski definition) is 6. The summed E-state index contributed by atoms with van der Waals surface area (Å²) in [5.41, 5.74) is 3.12. The maximum atomic E-state index is 12.8. The molecule has 3 heterocycles. The van der Waals surface area contributed by atoms with E-state index in [1.54, 1.807) is 24.3 Å². The van der Waals surface area contributed by atoms with Gasteiger partial charge in [-0.2, -0.15) is 26.3 Å². The Hall–Kier alpha value is -3.77. The minimum Gasteiger partial charge on any atom is -0.454 e. The zero-order valence-electron chi connectivity index (χ0n) is 18.9. The fourth-order valence-electron chi connectivity index (χ4n) is 4.38. The second-order valence-electron chi connectivity index (χ2n) is 8.45. The maximum Gasteiger partial charge on any atom is 0.434 e. The normalized spacial score (nSPS) is 16.8. The van der Waals surface area contributed by atoms with Crippen LogP contribution in [0.25, 0.3) is 5.57 Å². The van der Waals surface area contributed by atoms with Gasteiger partial charge in [0.2, 0.25) is 13.6 Å². The molecule has 0 radical (unpaired) electrons. The molecule has 0 aliphatic carbocycles. The van der Waals surface area contributed by atoms with Gasteiger partial charge < -0.3 is 28.6 Å². The number of hydrogen-bond donors (Lipinski definition) is 0. The van der Waals surface area contributed by atoms with E-state index in [4.69, 9.17) is 18.9 Å². The smallest absolute Gasteiger partial charge is 0.434 e. The van der Waals surface area contributed by atoms with Gasteiger partial charge in [0.05, 0.1) is 0 Å². The van der Waals surface area contributed by atoms with Gasteiger partial charge in [0.15, 0.2) is 23.0 Å². The van der Waals surface area contributed by atoms with Gasteiger partial charge in [-0.15, -0.1) is 0 Å². The van der Waals surface area contributed by atoms with Gasteiger partial charge in [-0.05, 0) is 53.8 Å². The summed E-state index contributed by atoms with van der Waals surface area (Å²) in [5, 5.41) is 0. The van der Waals surface area contributed by atoms with E-state index in [1.165, 1.54) is 0 Å². The first-order chi connectivity index (χ1) is 17.5. The number of amides is 1. The Morgan fingerprint density at radius 3 is 1.68 bits per heavy atom. The Morgan fingerprint density at radius 2 is 1.22 bits per heavy atom. The Labute approximate surface area is 206 Å². The lowest BCUT2D eigenvalue weighted by Crippen LogP contribution is -2.49. The first-order valence-electron chi connectivity index (χ1n) is 11.1. The number of piperidine rings is 1. The molecule has 0 bridgehead atoms. The van der Waals surface area contributed by atoms with Crippen LogP contribution >= 0.6 is 0 Å². The number of benzene rings is 2. The van der Waals surface area contributed by atoms with Crippen molar-refractivity contribution in [3.05, 3.63) is 53.1 Å². The predicted octanol–water partition coefficient (Wildman–Crippen LogP) is 5.67. The van der Waals surface area contributed by atoms with E-state index >= 15 is 0 Å². The molecule has 7 nitrogen and oxygen atoms in total. The zero-order valence-corrected chi connectivity index (χ0v) is 18.9. The molecule has 198 valence electrons. The van der Waals surface area contributed by atoms with E-state index in [1.807, 2.05) is 12.1 Å². The molecule has 37 heavy (non-hydrogen) atoms. The molecular weight excluding hydrogens is 512 g/mol. The van der Waals surface area contributed by atoms with Gasteiger partial charge in [-0.1, -0.05) is 17.7 Å². The number of alkyl halides is 6. The Morgan fingerprint density at radius 1 is 0.757 bits per heavy atom. The molecule has 0 spiro atoms. The molecule has 13 heteroatoms. The first-order valence-corrected chi connectivity index (χ1v) is 11.1. The molecule has 1 fully saturated rings. The van der Waals surface area contributed by atoms with Crippen LogP contribution in [0, 0.1) is 0 Å². The highest BCUT2D eigenvalue weighted by Gasteiger charge is 2.60. The molecule has 2 aromatic rings. The summed E-state index contributed by atoms with van der Waals surface area (Å²) in [7, 11) is 0. The molecule has 3 aliphatic heterocycles. The Kier molecular flexibility index (Phi) is 6.24. The molecule has 5 rings (SSSR count). The number of likely N-dealkylation sites (tertiary alicyclic amines) is 1. The van der Waals surface area contributed by atoms with Crippen molar-refractivity contribution in [3.8, 4) is 23.0 Å². The number of halogens is 6. The molecule has 0 N–H and O–H groups in total. The lowest BCUT2D eigenvalue weighted by atomic mass is 9.88. The number of fused-ring (bicyclic) bond motifs is 2. The van der Waals surface area contributed by atoms with Crippen molar-refractivity contribution in [3.63, 3.8) is 0 Å². The van der Waals surface area contributed by atoms with E-state index in [9.17, 15) is 31.1 Å². The lowest BCUT2D eigenvalue weighted by molar-refractivity contribution is -0.308. The Balaban J connectivity index is 1.41. The lowest BCUT2D eigenvalue weighted by Gasteiger charge is -2.31. The van der Waals surface area contributed by atoms with Gasteiger partial charge in [0.25, 0.3) is 6.10 Å². The minimum absolute atomic E-state index is 0.0721. The van der Waals surface area contributed by atoms with Crippen LogP contribution in [0.5, 0.6) is 23.0 Å². The molecule has 0 aromatic heterocycles. The van der Waals surface area contributed by atoms with Crippen molar-refractivity contribution >= 4 is 11.7 Å². The topological polar surface area (TPSA) is 66.5 Å². The van der Waals surface area contributed by atoms with Gasteiger partial charge in [-0.25, -0.2) is 4.79 Å². The third-order valence-corrected chi connectivity index (χ3v) is 6.11. The molecular formula is C24H19F6NO6. The summed E-state index contributed by atoms with van der Waals surface area (Å²) < 4.78 is 102. The summed E-state index contributed by atoms with van der Waals surface area (Å²) in [6.07, 6.45) is -17.0. The quantitative estimate of drug-likeness (QED) is 0.476. The SMILES string of the molecule is O=C(OC(C(F)(F)F)C(F)(F)F)N1CCC(=C(c2ccc3c(c2)OCO3)c2ccc3c(c2)OCO3)CC1. The van der Waals surface area contributed by atoms with Gasteiger partial charge in [-0.3, -0.25) is 0 Å². The number of ether oxygens (including phenoxy) is 5. The molecule has 1 amide bonds. The summed E-state index contributed by atoms with van der Waals surface area (Å²) in [4.78, 5) is 13.0. The van der Waals surface area contributed by atoms with E-state index in [-0.39, 0.29) is 39.5 Å². The average molecular weight is 531 g/mol. The average Bonchev–Trinajstić information content (AvgIpc) is 3.50. The fraction of sp³-hybridized carbons (Fsp3) is 0.375. The van der Waals surface area contributed by atoms with Crippen molar-refractivity contribution in [1.82, 2.24) is 4.90 Å². The van der Waals surface area contributed by atoms with E-state index in [2.05, 4.69) is 4.74 Å². The molecule has 3 aliphatic rings. The standard InChI is InChI=1S/C24H19F6NO6/c25-23(26,27)21(24(28,29)30)37-22(32)31-7-5-13(6-8-31)20(14-1-3-16-18(9-14)35-11-33-16)15-2-4-17-19(10-15)36-12-34-17/h1-4,9-10,21H,5-8,11-12H2. The van der Waals surface area contributed by atoms with Gasteiger partial charge in [0.1, 0.15) is 0 Å². The highest BCUT2D eigenvalue weighted by Crippen LogP contribution is 2.42. The largest absolute Gasteiger partial charge is 0.454 e. The van der Waals surface area contributed by atoms with Crippen molar-refractivity contribution < 1.29 is 54.8 Å². The Bertz CT molecular complexity index is 1160. The van der Waals surface area contributed by atoms with Crippen LogP contribution < -0.4 is 18.9 Å². The number of nitrogens with zero attached hydrogens (tertiary/aromatic N) is 1. The summed E-state index contributed by atoms with van der Waals surface area (Å²) in [6, 6.07) is 10.7. The number of carbonyl (C=O) groups is 1. The van der Waals surface area contributed by atoms with Gasteiger partial charge >= 0.3 is 18.4 Å². The van der Waals surface area contributed by atoms with Crippen molar-refractivity contribution in [1.29, 1.82) is 0 Å². The maximum absolute atomic E-state index is 12.8. The highest BCUT2D eigenvalue weighted by molar-refractivity contribution is 5.84. The molecule has 0 saturated carbocycles. The van der Waals surface area contributed by atoms with Crippen LogP contribution in [0.2, 0.25) is 0 Å². The molecule has 2 aromatic carbocycles. The third-order valence-electron chi connectivity index (χ3n) is 6.11. The zero-order chi connectivity index (χ0) is 26.4. The molecule has 0 unspecified atom stereocenters. The van der Waals surface area contributed by atoms with E-state index in [0.717, 1.165) is 27.2 Å². The van der Waals surface area contributed by atoms with Crippen LogP contribution in [0.4, 0.5) is 31.1 Å². The van der Waals surface area contributed by atoms with Crippen LogP contribution in [-0.4, -0.2) is 56.1 Å². The van der Waals surface area contributed by atoms with Crippen molar-refractivity contribution in [2.45, 2.75) is 31.3 Å². The number of carbonyl (C=O) groups excluding carboxylic acids is 1. The minimum atomic E-state index is -5.78. The van der Waals surface area contributed by atoms with Crippen molar-refractivity contribution in [2.24, 2.45) is 0 Å². The summed E-state index contributed by atoms with van der Waals surface area (Å²) >= 11 is 0. The van der Waals surface area contributed by atoms with Gasteiger partial charge in [0, 0.05) is 13.1 Å². The van der Waals surface area contributed by atoms with Crippen LogP contribution in [0.3, 0.4) is 0 Å². The van der Waals surface area contributed by atoms with E-state index < -0.39 is 24.5 Å². The fourth-order valence-corrected chi connectivity index (χ4v) is 4.38. The van der Waals surface area contributed by atoms with Crippen LogP contribution in [0.15, 0.2) is 42.0 Å². The molecule has 1 saturated heterocycles.